The zero-order valence-electron chi connectivity index (χ0n) is 19.4. The molecule has 2 aromatic carbocycles. The van der Waals surface area contributed by atoms with Gasteiger partial charge < -0.3 is 25.8 Å². The number of imidazole rings is 1. The highest BCUT2D eigenvalue weighted by Crippen LogP contribution is 2.16. The topological polar surface area (TPSA) is 97.4 Å². The summed E-state index contributed by atoms with van der Waals surface area (Å²) < 4.78 is 0. The van der Waals surface area contributed by atoms with E-state index in [4.69, 9.17) is 0 Å². The van der Waals surface area contributed by atoms with Crippen LogP contribution in [0.1, 0.15) is 25.2 Å². The number of rotatable bonds is 7. The predicted octanol–water partition coefficient (Wildman–Crippen LogP) is 4.43. The zero-order chi connectivity index (χ0) is 22.9. The molecule has 2 amide bonds. The lowest BCUT2D eigenvalue weighted by Gasteiger charge is -2.21. The summed E-state index contributed by atoms with van der Waals surface area (Å²) in [5.74, 6) is 1.63. The van der Waals surface area contributed by atoms with E-state index in [2.05, 4.69) is 43.0 Å². The third-order valence-corrected chi connectivity index (χ3v) is 4.76. The SMILES string of the molecule is CN=C(NCc1ccc(NC(=O)NC(C)C)cc1)N(C)Cc1ncc(-c2ccccc2)[nH]1.I. The molecule has 3 aromatic rings. The van der Waals surface area contributed by atoms with Gasteiger partial charge in [-0.25, -0.2) is 9.78 Å². The van der Waals surface area contributed by atoms with Crippen LogP contribution in [0.5, 0.6) is 0 Å². The monoisotopic (exact) mass is 561 g/mol. The Morgan fingerprint density at radius 3 is 2.45 bits per heavy atom. The molecule has 4 N–H and O–H groups in total. The summed E-state index contributed by atoms with van der Waals surface area (Å²) in [6, 6.07) is 17.7. The lowest BCUT2D eigenvalue weighted by Crippen LogP contribution is -2.38. The molecule has 33 heavy (non-hydrogen) atoms. The van der Waals surface area contributed by atoms with Crippen LogP contribution < -0.4 is 16.0 Å². The highest BCUT2D eigenvalue weighted by atomic mass is 127. The number of benzene rings is 2. The normalized spacial score (nSPS) is 11.0. The van der Waals surface area contributed by atoms with Crippen molar-refractivity contribution in [2.75, 3.05) is 19.4 Å². The molecule has 0 unspecified atom stereocenters. The molecule has 176 valence electrons. The molecule has 0 fully saturated rings. The van der Waals surface area contributed by atoms with E-state index in [-0.39, 0.29) is 36.0 Å². The van der Waals surface area contributed by atoms with Gasteiger partial charge in [-0.15, -0.1) is 24.0 Å². The molecule has 0 saturated heterocycles. The number of urea groups is 1. The number of amides is 2. The van der Waals surface area contributed by atoms with Crippen LogP contribution in [0.2, 0.25) is 0 Å². The molecule has 0 spiro atoms. The first kappa shape index (κ1) is 26.2. The Morgan fingerprint density at radius 1 is 1.12 bits per heavy atom. The molecular weight excluding hydrogens is 529 g/mol. The van der Waals surface area contributed by atoms with Gasteiger partial charge in [0.2, 0.25) is 0 Å². The number of hydrogen-bond donors (Lipinski definition) is 4. The number of nitrogens with zero attached hydrogens (tertiary/aromatic N) is 3. The first-order chi connectivity index (χ1) is 15.4. The Hall–Kier alpha value is -3.08. The average molecular weight is 561 g/mol. The molecule has 0 aliphatic heterocycles. The van der Waals surface area contributed by atoms with Crippen molar-refractivity contribution >= 4 is 41.7 Å². The summed E-state index contributed by atoms with van der Waals surface area (Å²) in [6.45, 7) is 5.06. The molecule has 0 atom stereocenters. The van der Waals surface area contributed by atoms with Crippen LogP contribution in [0.3, 0.4) is 0 Å². The van der Waals surface area contributed by atoms with Crippen LogP contribution >= 0.6 is 24.0 Å². The van der Waals surface area contributed by atoms with Crippen LogP contribution in [0.25, 0.3) is 11.3 Å². The van der Waals surface area contributed by atoms with Gasteiger partial charge in [0.05, 0.1) is 18.4 Å². The van der Waals surface area contributed by atoms with E-state index in [0.717, 1.165) is 34.3 Å². The summed E-state index contributed by atoms with van der Waals surface area (Å²) in [7, 11) is 3.73. The molecule has 0 bridgehead atoms. The van der Waals surface area contributed by atoms with E-state index < -0.39 is 0 Å². The number of carbonyl (C=O) groups excluding carboxylic acids is 1. The number of guanidine groups is 1. The minimum Gasteiger partial charge on any atom is -0.352 e. The fourth-order valence-corrected chi connectivity index (χ4v) is 3.21. The summed E-state index contributed by atoms with van der Waals surface area (Å²) in [5.41, 5.74) is 3.93. The second-order valence-electron chi connectivity index (χ2n) is 7.82. The molecule has 3 rings (SSSR count). The fourth-order valence-electron chi connectivity index (χ4n) is 3.21. The van der Waals surface area contributed by atoms with Crippen molar-refractivity contribution in [1.82, 2.24) is 25.5 Å². The Kier molecular flexibility index (Phi) is 10.2. The van der Waals surface area contributed by atoms with E-state index in [1.807, 2.05) is 74.5 Å². The van der Waals surface area contributed by atoms with Crippen LogP contribution in [-0.2, 0) is 13.1 Å². The molecule has 1 heterocycles. The molecule has 0 radical (unpaired) electrons. The van der Waals surface area contributed by atoms with Crippen LogP contribution in [-0.4, -0.2) is 47.0 Å². The number of aliphatic imine (C=N–C) groups is 1. The highest BCUT2D eigenvalue weighted by Gasteiger charge is 2.10. The third-order valence-electron chi connectivity index (χ3n) is 4.76. The zero-order valence-corrected chi connectivity index (χ0v) is 21.8. The first-order valence-electron chi connectivity index (χ1n) is 10.6. The molecule has 1 aromatic heterocycles. The van der Waals surface area contributed by atoms with Crippen molar-refractivity contribution in [3.8, 4) is 11.3 Å². The third kappa shape index (κ3) is 8.08. The standard InChI is InChI=1S/C24H31N7O.HI/c1-17(2)28-24(32)29-20-12-10-18(11-13-20)14-27-23(25-3)31(4)16-22-26-15-21(30-22)19-8-6-5-7-9-19;/h5-13,15,17H,14,16H2,1-4H3,(H,25,27)(H,26,30)(H2,28,29,32);1H. The second-order valence-corrected chi connectivity index (χ2v) is 7.82. The quantitative estimate of drug-likeness (QED) is 0.195. The lowest BCUT2D eigenvalue weighted by molar-refractivity contribution is 0.250. The second kappa shape index (κ2) is 12.8. The van der Waals surface area contributed by atoms with Crippen molar-refractivity contribution in [2.24, 2.45) is 4.99 Å². The number of hydrogen-bond acceptors (Lipinski definition) is 3. The first-order valence-corrected chi connectivity index (χ1v) is 10.6. The van der Waals surface area contributed by atoms with Gasteiger partial charge in [0.25, 0.3) is 0 Å². The molecule has 0 aliphatic rings. The Labute approximate surface area is 212 Å². The lowest BCUT2D eigenvalue weighted by atomic mass is 10.2. The molecule has 0 saturated carbocycles. The van der Waals surface area contributed by atoms with Crippen LogP contribution in [0.4, 0.5) is 10.5 Å². The number of aromatic nitrogens is 2. The van der Waals surface area contributed by atoms with Crippen LogP contribution in [0, 0.1) is 0 Å². The van der Waals surface area contributed by atoms with Gasteiger partial charge in [-0.1, -0.05) is 42.5 Å². The van der Waals surface area contributed by atoms with Gasteiger partial charge in [-0.3, -0.25) is 4.99 Å². The van der Waals surface area contributed by atoms with E-state index in [1.165, 1.54) is 0 Å². The van der Waals surface area contributed by atoms with Gasteiger partial charge in [0.15, 0.2) is 5.96 Å². The smallest absolute Gasteiger partial charge is 0.319 e. The van der Waals surface area contributed by atoms with E-state index in [1.54, 1.807) is 7.05 Å². The molecular formula is C24H32IN7O. The largest absolute Gasteiger partial charge is 0.352 e. The van der Waals surface area contributed by atoms with E-state index in [9.17, 15) is 4.79 Å². The summed E-state index contributed by atoms with van der Waals surface area (Å²) in [5, 5.41) is 8.99. The number of H-pyrrole nitrogens is 1. The number of anilines is 1. The summed E-state index contributed by atoms with van der Waals surface area (Å²) in [6.07, 6.45) is 1.85. The minimum atomic E-state index is -0.207. The number of halogens is 1. The van der Waals surface area contributed by atoms with Gasteiger partial charge in [0, 0.05) is 32.4 Å². The van der Waals surface area contributed by atoms with Gasteiger partial charge in [-0.05, 0) is 37.1 Å². The maximum Gasteiger partial charge on any atom is 0.319 e. The number of aromatic amines is 1. The highest BCUT2D eigenvalue weighted by molar-refractivity contribution is 14.0. The number of carbonyl (C=O) groups is 1. The Bertz CT molecular complexity index is 1030. The molecule has 0 aliphatic carbocycles. The fraction of sp³-hybridized carbons (Fsp3) is 0.292. The number of nitrogens with one attached hydrogen (secondary N) is 4. The Balaban J connectivity index is 0.00000385. The maximum atomic E-state index is 11.8. The summed E-state index contributed by atoms with van der Waals surface area (Å²) >= 11 is 0. The van der Waals surface area contributed by atoms with Crippen molar-refractivity contribution in [2.45, 2.75) is 33.0 Å². The molecule has 9 heteroatoms. The maximum absolute atomic E-state index is 11.8. The van der Waals surface area contributed by atoms with Gasteiger partial charge >= 0.3 is 6.03 Å². The van der Waals surface area contributed by atoms with Crippen LogP contribution in [0.15, 0.2) is 65.8 Å². The van der Waals surface area contributed by atoms with E-state index in [0.29, 0.717) is 13.1 Å². The van der Waals surface area contributed by atoms with Crippen molar-refractivity contribution in [3.63, 3.8) is 0 Å². The van der Waals surface area contributed by atoms with Crippen molar-refractivity contribution in [1.29, 1.82) is 0 Å². The van der Waals surface area contributed by atoms with Gasteiger partial charge in [-0.2, -0.15) is 0 Å². The Morgan fingerprint density at radius 2 is 1.82 bits per heavy atom. The molecule has 8 nitrogen and oxygen atoms in total. The van der Waals surface area contributed by atoms with Gasteiger partial charge in [0.1, 0.15) is 5.82 Å². The van der Waals surface area contributed by atoms with Crippen molar-refractivity contribution < 1.29 is 4.79 Å². The van der Waals surface area contributed by atoms with Crippen molar-refractivity contribution in [3.05, 3.63) is 72.2 Å². The predicted molar refractivity (Wildman–Crippen MR) is 145 cm³/mol. The average Bonchev–Trinajstić information content (AvgIpc) is 3.24. The van der Waals surface area contributed by atoms with E-state index >= 15 is 0 Å². The summed E-state index contributed by atoms with van der Waals surface area (Å²) in [4.78, 5) is 26.1. The minimum absolute atomic E-state index is 0.